The molecule has 0 aliphatic heterocycles. The number of aryl methyl sites for hydroxylation is 1. The first kappa shape index (κ1) is 26.4. The van der Waals surface area contributed by atoms with Crippen molar-refractivity contribution in [1.82, 2.24) is 15.5 Å². The van der Waals surface area contributed by atoms with Crippen LogP contribution in [0.25, 0.3) is 0 Å². The molecule has 9 heteroatoms. The maximum absolute atomic E-state index is 13.0. The van der Waals surface area contributed by atoms with Crippen molar-refractivity contribution in [3.63, 3.8) is 0 Å². The summed E-state index contributed by atoms with van der Waals surface area (Å²) in [5, 5.41) is 15.1. The molecule has 2 amide bonds. The molecule has 0 bridgehead atoms. The molecule has 37 heavy (non-hydrogen) atoms. The van der Waals surface area contributed by atoms with Crippen LogP contribution in [0.2, 0.25) is 0 Å². The first-order valence-corrected chi connectivity index (χ1v) is 13.7. The summed E-state index contributed by atoms with van der Waals surface area (Å²) in [5.41, 5.74) is 2.47. The molecule has 1 aromatic heterocycles. The molecule has 190 valence electrons. The summed E-state index contributed by atoms with van der Waals surface area (Å²) in [5.74, 6) is 1.16. The number of aromatic nitrogens is 2. The molecule has 3 aromatic carbocycles. The van der Waals surface area contributed by atoms with Gasteiger partial charge in [0.2, 0.25) is 5.13 Å². The number of nitrogens with zero attached hydrogens (tertiary/aromatic N) is 2. The van der Waals surface area contributed by atoms with Crippen LogP contribution < -0.4 is 15.4 Å². The summed E-state index contributed by atoms with van der Waals surface area (Å²) in [7, 11) is 1.56. The van der Waals surface area contributed by atoms with Crippen molar-refractivity contribution in [2.45, 2.75) is 24.2 Å². The van der Waals surface area contributed by atoms with Gasteiger partial charge < -0.3 is 10.1 Å². The molecule has 0 aliphatic carbocycles. The van der Waals surface area contributed by atoms with E-state index < -0.39 is 0 Å². The first-order valence-electron chi connectivity index (χ1n) is 11.9. The number of hydrogen-bond acceptors (Lipinski definition) is 7. The molecule has 4 aromatic rings. The van der Waals surface area contributed by atoms with Gasteiger partial charge in [-0.25, -0.2) is 0 Å². The van der Waals surface area contributed by atoms with Gasteiger partial charge in [0.25, 0.3) is 11.8 Å². The smallest absolute Gasteiger partial charge is 0.258 e. The first-order chi connectivity index (χ1) is 18.1. The van der Waals surface area contributed by atoms with Crippen LogP contribution in [-0.2, 0) is 12.8 Å². The highest BCUT2D eigenvalue weighted by Gasteiger charge is 2.14. The minimum Gasteiger partial charge on any atom is -0.497 e. The molecule has 0 radical (unpaired) electrons. The van der Waals surface area contributed by atoms with E-state index in [0.717, 1.165) is 28.5 Å². The van der Waals surface area contributed by atoms with Crippen LogP contribution in [0.3, 0.4) is 0 Å². The summed E-state index contributed by atoms with van der Waals surface area (Å²) < 4.78 is 5.16. The average molecular weight is 533 g/mol. The SMILES string of the molecule is COc1cccc(C(=O)NCCc2nnc(NC(=O)c3ccccc3SCCCc3ccccc3)s2)c1. The predicted molar refractivity (Wildman–Crippen MR) is 149 cm³/mol. The van der Waals surface area contributed by atoms with E-state index in [1.165, 1.54) is 16.9 Å². The molecular weight excluding hydrogens is 504 g/mol. The Kier molecular flexibility index (Phi) is 9.67. The number of carbonyl (C=O) groups is 2. The zero-order valence-electron chi connectivity index (χ0n) is 20.5. The largest absolute Gasteiger partial charge is 0.497 e. The van der Waals surface area contributed by atoms with Crippen molar-refractivity contribution in [1.29, 1.82) is 0 Å². The zero-order chi connectivity index (χ0) is 25.9. The third-order valence-electron chi connectivity index (χ3n) is 5.49. The Morgan fingerprint density at radius 1 is 0.919 bits per heavy atom. The van der Waals surface area contributed by atoms with Gasteiger partial charge in [0.1, 0.15) is 10.8 Å². The van der Waals surface area contributed by atoms with E-state index in [2.05, 4.69) is 45.1 Å². The molecule has 0 fully saturated rings. The van der Waals surface area contributed by atoms with Crippen molar-refractivity contribution in [3.8, 4) is 5.75 Å². The molecule has 2 N–H and O–H groups in total. The number of ether oxygens (including phenoxy) is 1. The highest BCUT2D eigenvalue weighted by atomic mass is 32.2. The second-order valence-electron chi connectivity index (χ2n) is 8.13. The van der Waals surface area contributed by atoms with Crippen LogP contribution in [0, 0.1) is 0 Å². The maximum atomic E-state index is 13.0. The van der Waals surface area contributed by atoms with Gasteiger partial charge in [-0.3, -0.25) is 14.9 Å². The quantitative estimate of drug-likeness (QED) is 0.185. The lowest BCUT2D eigenvalue weighted by atomic mass is 10.1. The summed E-state index contributed by atoms with van der Waals surface area (Å²) >= 11 is 2.99. The van der Waals surface area contributed by atoms with Crippen molar-refractivity contribution >= 4 is 40.0 Å². The number of anilines is 1. The zero-order valence-corrected chi connectivity index (χ0v) is 22.1. The third kappa shape index (κ3) is 7.90. The topological polar surface area (TPSA) is 93.2 Å². The summed E-state index contributed by atoms with van der Waals surface area (Å²) in [6, 6.07) is 25.0. The number of methoxy groups -OCH3 is 1. The summed E-state index contributed by atoms with van der Waals surface area (Å²) in [6.07, 6.45) is 2.55. The number of benzene rings is 3. The Morgan fingerprint density at radius 2 is 1.73 bits per heavy atom. The molecular formula is C28H28N4O3S2. The fourth-order valence-corrected chi connectivity index (χ4v) is 5.34. The normalized spacial score (nSPS) is 10.6. The predicted octanol–water partition coefficient (Wildman–Crippen LogP) is 5.50. The second-order valence-corrected chi connectivity index (χ2v) is 10.3. The lowest BCUT2D eigenvalue weighted by Gasteiger charge is -2.08. The molecule has 0 saturated heterocycles. The van der Waals surface area contributed by atoms with Crippen molar-refractivity contribution < 1.29 is 14.3 Å². The van der Waals surface area contributed by atoms with Gasteiger partial charge in [0, 0.05) is 23.4 Å². The standard InChI is InChI=1S/C28H28N4O3S2/c1-35-22-13-7-12-21(19-22)26(33)29-17-16-25-31-32-28(37-25)30-27(34)23-14-5-6-15-24(23)36-18-8-11-20-9-3-2-4-10-20/h2-7,9-10,12-15,19H,8,11,16-18H2,1H3,(H,29,33)(H,30,32,34). The van der Waals surface area contributed by atoms with Crippen LogP contribution in [0.4, 0.5) is 5.13 Å². The monoisotopic (exact) mass is 532 g/mol. The molecule has 0 atom stereocenters. The molecule has 7 nitrogen and oxygen atoms in total. The van der Waals surface area contributed by atoms with Gasteiger partial charge in [-0.2, -0.15) is 0 Å². The van der Waals surface area contributed by atoms with E-state index in [9.17, 15) is 9.59 Å². The number of thioether (sulfide) groups is 1. The Labute approximate surface area is 224 Å². The summed E-state index contributed by atoms with van der Waals surface area (Å²) in [6.45, 7) is 0.404. The number of rotatable bonds is 12. The Hall–Kier alpha value is -3.69. The molecule has 0 saturated carbocycles. The van der Waals surface area contributed by atoms with Crippen LogP contribution in [-0.4, -0.2) is 41.4 Å². The minimum atomic E-state index is -0.208. The van der Waals surface area contributed by atoms with Gasteiger partial charge in [0.05, 0.1) is 12.7 Å². The van der Waals surface area contributed by atoms with E-state index in [1.807, 2.05) is 30.3 Å². The highest BCUT2D eigenvalue weighted by molar-refractivity contribution is 7.99. The van der Waals surface area contributed by atoms with Crippen molar-refractivity contribution in [2.75, 3.05) is 24.7 Å². The molecule has 0 spiro atoms. The number of carbonyl (C=O) groups excluding carboxylic acids is 2. The molecule has 0 unspecified atom stereocenters. The number of amides is 2. The number of hydrogen-bond donors (Lipinski definition) is 2. The van der Waals surface area contributed by atoms with Gasteiger partial charge in [-0.15, -0.1) is 22.0 Å². The van der Waals surface area contributed by atoms with Crippen LogP contribution in [0.15, 0.2) is 83.8 Å². The molecule has 1 heterocycles. The van der Waals surface area contributed by atoms with Crippen molar-refractivity contribution in [2.24, 2.45) is 0 Å². The van der Waals surface area contributed by atoms with E-state index in [1.54, 1.807) is 43.1 Å². The Morgan fingerprint density at radius 3 is 2.57 bits per heavy atom. The van der Waals surface area contributed by atoms with E-state index in [0.29, 0.717) is 35.0 Å². The Balaban J connectivity index is 1.25. The highest BCUT2D eigenvalue weighted by Crippen LogP contribution is 2.25. The minimum absolute atomic E-state index is 0.185. The Bertz CT molecular complexity index is 1330. The van der Waals surface area contributed by atoms with Gasteiger partial charge in [-0.1, -0.05) is 59.9 Å². The third-order valence-corrected chi connectivity index (χ3v) is 7.54. The summed E-state index contributed by atoms with van der Waals surface area (Å²) in [4.78, 5) is 26.3. The van der Waals surface area contributed by atoms with Crippen LogP contribution in [0.1, 0.15) is 37.7 Å². The second kappa shape index (κ2) is 13.6. The molecule has 0 aliphatic rings. The average Bonchev–Trinajstić information content (AvgIpc) is 3.38. The van der Waals surface area contributed by atoms with E-state index >= 15 is 0 Å². The molecule has 4 rings (SSSR count). The van der Waals surface area contributed by atoms with Gasteiger partial charge in [0.15, 0.2) is 0 Å². The lowest BCUT2D eigenvalue weighted by Crippen LogP contribution is -2.25. The van der Waals surface area contributed by atoms with Gasteiger partial charge in [-0.05, 0) is 54.5 Å². The van der Waals surface area contributed by atoms with Crippen LogP contribution in [0.5, 0.6) is 5.75 Å². The van der Waals surface area contributed by atoms with E-state index in [-0.39, 0.29) is 11.8 Å². The fourth-order valence-electron chi connectivity index (χ4n) is 3.60. The fraction of sp³-hybridized carbons (Fsp3) is 0.214. The van der Waals surface area contributed by atoms with Crippen LogP contribution >= 0.6 is 23.1 Å². The van der Waals surface area contributed by atoms with Crippen molar-refractivity contribution in [3.05, 3.63) is 101 Å². The van der Waals surface area contributed by atoms with Gasteiger partial charge >= 0.3 is 0 Å². The maximum Gasteiger partial charge on any atom is 0.258 e. The van der Waals surface area contributed by atoms with E-state index in [4.69, 9.17) is 4.74 Å². The lowest BCUT2D eigenvalue weighted by molar-refractivity contribution is 0.0952. The number of nitrogens with one attached hydrogen (secondary N) is 2.